The van der Waals surface area contributed by atoms with E-state index in [9.17, 15) is 9.59 Å². The van der Waals surface area contributed by atoms with E-state index >= 15 is 0 Å². The van der Waals surface area contributed by atoms with Gasteiger partial charge in [0.25, 0.3) is 0 Å². The molecule has 0 aromatic carbocycles. The van der Waals surface area contributed by atoms with E-state index in [1.54, 1.807) is 6.20 Å². The summed E-state index contributed by atoms with van der Waals surface area (Å²) < 4.78 is 2.07. The van der Waals surface area contributed by atoms with E-state index in [0.717, 1.165) is 23.7 Å². The van der Waals surface area contributed by atoms with Crippen molar-refractivity contribution in [3.8, 4) is 0 Å². The maximum atomic E-state index is 12.5. The number of amides is 2. The molecule has 0 unspecified atom stereocenters. The van der Waals surface area contributed by atoms with E-state index in [0.29, 0.717) is 45.4 Å². The molecule has 3 N–H and O–H groups in total. The lowest BCUT2D eigenvalue weighted by Crippen LogP contribution is -2.46. The standard InChI is InChI=1S/C19H27N5O2/c20-8-1-2-18(25)22-16-5-11-24(12-6-16)19(26)7-13-23-10-4-15-3-9-21-14-17(15)23/h3-4,9-10,14,16H,1-2,5-8,11-13,20H2,(H,22,25). The molecule has 26 heavy (non-hydrogen) atoms. The summed E-state index contributed by atoms with van der Waals surface area (Å²) in [6.45, 7) is 2.60. The monoisotopic (exact) mass is 357 g/mol. The molecule has 1 saturated heterocycles. The van der Waals surface area contributed by atoms with Gasteiger partial charge in [-0.1, -0.05) is 0 Å². The highest BCUT2D eigenvalue weighted by atomic mass is 16.2. The summed E-state index contributed by atoms with van der Waals surface area (Å²) in [5, 5.41) is 4.18. The minimum absolute atomic E-state index is 0.0633. The first-order valence-corrected chi connectivity index (χ1v) is 9.33. The summed E-state index contributed by atoms with van der Waals surface area (Å²) in [5.41, 5.74) is 6.48. The van der Waals surface area contributed by atoms with Crippen molar-refractivity contribution in [3.05, 3.63) is 30.7 Å². The van der Waals surface area contributed by atoms with Crippen LogP contribution in [0.5, 0.6) is 0 Å². The Morgan fingerprint density at radius 2 is 2.04 bits per heavy atom. The van der Waals surface area contributed by atoms with Crippen molar-refractivity contribution in [2.24, 2.45) is 5.73 Å². The predicted molar refractivity (Wildman–Crippen MR) is 100 cm³/mol. The lowest BCUT2D eigenvalue weighted by molar-refractivity contribution is -0.132. The Balaban J connectivity index is 1.43. The number of fused-ring (bicyclic) bond motifs is 1. The van der Waals surface area contributed by atoms with Gasteiger partial charge in [-0.15, -0.1) is 0 Å². The van der Waals surface area contributed by atoms with Crippen molar-refractivity contribution in [1.82, 2.24) is 19.8 Å². The predicted octanol–water partition coefficient (Wildman–Crippen LogP) is 1.27. The van der Waals surface area contributed by atoms with E-state index < -0.39 is 0 Å². The number of carbonyl (C=O) groups excluding carboxylic acids is 2. The molecule has 140 valence electrons. The average Bonchev–Trinajstić information content (AvgIpc) is 3.08. The average molecular weight is 357 g/mol. The van der Waals surface area contributed by atoms with Crippen LogP contribution in [0.3, 0.4) is 0 Å². The topological polar surface area (TPSA) is 93.3 Å². The first kappa shape index (κ1) is 18.4. The van der Waals surface area contributed by atoms with Crippen LogP contribution in [0.4, 0.5) is 0 Å². The molecule has 0 spiro atoms. The van der Waals surface area contributed by atoms with Gasteiger partial charge in [-0.25, -0.2) is 0 Å². The summed E-state index contributed by atoms with van der Waals surface area (Å²) >= 11 is 0. The summed E-state index contributed by atoms with van der Waals surface area (Å²) in [7, 11) is 0. The van der Waals surface area contributed by atoms with Crippen LogP contribution in [-0.4, -0.2) is 51.9 Å². The molecule has 3 heterocycles. The van der Waals surface area contributed by atoms with Crippen LogP contribution in [0.25, 0.3) is 10.9 Å². The van der Waals surface area contributed by atoms with Crippen molar-refractivity contribution in [2.45, 2.75) is 44.7 Å². The third-order valence-electron chi connectivity index (χ3n) is 4.96. The fraction of sp³-hybridized carbons (Fsp3) is 0.526. The van der Waals surface area contributed by atoms with Crippen molar-refractivity contribution >= 4 is 22.7 Å². The first-order valence-electron chi connectivity index (χ1n) is 9.33. The zero-order valence-electron chi connectivity index (χ0n) is 15.1. The molecule has 0 aliphatic carbocycles. The van der Waals surface area contributed by atoms with E-state index in [-0.39, 0.29) is 17.9 Å². The third-order valence-corrected chi connectivity index (χ3v) is 4.96. The van der Waals surface area contributed by atoms with Crippen molar-refractivity contribution in [2.75, 3.05) is 19.6 Å². The van der Waals surface area contributed by atoms with Crippen molar-refractivity contribution in [1.29, 1.82) is 0 Å². The smallest absolute Gasteiger partial charge is 0.224 e. The Hall–Kier alpha value is -2.41. The molecule has 0 radical (unpaired) electrons. The number of nitrogens with one attached hydrogen (secondary N) is 1. The number of hydrogen-bond acceptors (Lipinski definition) is 4. The lowest BCUT2D eigenvalue weighted by atomic mass is 10.0. The number of hydrogen-bond donors (Lipinski definition) is 2. The van der Waals surface area contributed by atoms with Gasteiger partial charge in [0.1, 0.15) is 0 Å². The number of aromatic nitrogens is 2. The summed E-state index contributed by atoms with van der Waals surface area (Å²) in [6, 6.07) is 4.18. The summed E-state index contributed by atoms with van der Waals surface area (Å²) in [5.74, 6) is 0.233. The maximum Gasteiger partial charge on any atom is 0.224 e. The lowest BCUT2D eigenvalue weighted by Gasteiger charge is -2.32. The quantitative estimate of drug-likeness (QED) is 0.780. The second kappa shape index (κ2) is 8.80. The second-order valence-electron chi connectivity index (χ2n) is 6.81. The van der Waals surface area contributed by atoms with Gasteiger partial charge in [-0.3, -0.25) is 14.6 Å². The van der Waals surface area contributed by atoms with Crippen LogP contribution < -0.4 is 11.1 Å². The number of nitrogens with two attached hydrogens (primary N) is 1. The number of rotatable bonds is 7. The first-order chi connectivity index (χ1) is 12.7. The van der Waals surface area contributed by atoms with E-state index in [1.165, 1.54) is 0 Å². The zero-order chi connectivity index (χ0) is 18.4. The van der Waals surface area contributed by atoms with Gasteiger partial charge in [0.15, 0.2) is 0 Å². The molecule has 1 aliphatic heterocycles. The van der Waals surface area contributed by atoms with Gasteiger partial charge in [0.2, 0.25) is 11.8 Å². The van der Waals surface area contributed by atoms with E-state index in [2.05, 4.69) is 14.9 Å². The van der Waals surface area contributed by atoms with Crippen molar-refractivity contribution in [3.63, 3.8) is 0 Å². The molecule has 7 nitrogen and oxygen atoms in total. The molecular formula is C19H27N5O2. The summed E-state index contributed by atoms with van der Waals surface area (Å²) in [4.78, 5) is 30.3. The molecular weight excluding hydrogens is 330 g/mol. The fourth-order valence-corrected chi connectivity index (χ4v) is 3.43. The van der Waals surface area contributed by atoms with Gasteiger partial charge in [-0.2, -0.15) is 0 Å². The Bertz CT molecular complexity index is 749. The molecule has 1 aliphatic rings. The third kappa shape index (κ3) is 4.60. The number of piperidine rings is 1. The van der Waals surface area contributed by atoms with Gasteiger partial charge in [0, 0.05) is 56.3 Å². The number of aryl methyl sites for hydroxylation is 1. The second-order valence-corrected chi connectivity index (χ2v) is 6.81. The van der Waals surface area contributed by atoms with E-state index in [4.69, 9.17) is 5.73 Å². The highest BCUT2D eigenvalue weighted by molar-refractivity contribution is 5.80. The normalized spacial score (nSPS) is 15.3. The molecule has 2 aromatic rings. The maximum absolute atomic E-state index is 12.5. The van der Waals surface area contributed by atoms with Gasteiger partial charge in [0.05, 0.1) is 11.7 Å². The van der Waals surface area contributed by atoms with Crippen LogP contribution in [0.15, 0.2) is 30.7 Å². The molecule has 3 rings (SSSR count). The Morgan fingerprint density at radius 1 is 1.23 bits per heavy atom. The minimum Gasteiger partial charge on any atom is -0.353 e. The zero-order valence-corrected chi connectivity index (χ0v) is 15.1. The highest BCUT2D eigenvalue weighted by Crippen LogP contribution is 2.16. The highest BCUT2D eigenvalue weighted by Gasteiger charge is 2.23. The van der Waals surface area contributed by atoms with Crippen LogP contribution >= 0.6 is 0 Å². The summed E-state index contributed by atoms with van der Waals surface area (Å²) in [6.07, 6.45) is 8.92. The molecule has 0 atom stereocenters. The van der Waals surface area contributed by atoms with Crippen LogP contribution in [0.1, 0.15) is 32.1 Å². The number of carbonyl (C=O) groups is 2. The number of likely N-dealkylation sites (tertiary alicyclic amines) is 1. The largest absolute Gasteiger partial charge is 0.353 e. The molecule has 2 aromatic heterocycles. The van der Waals surface area contributed by atoms with Crippen LogP contribution in [0.2, 0.25) is 0 Å². The Kier molecular flexibility index (Phi) is 6.22. The molecule has 0 bridgehead atoms. The fourth-order valence-electron chi connectivity index (χ4n) is 3.43. The minimum atomic E-state index is 0.0633. The number of nitrogens with zero attached hydrogens (tertiary/aromatic N) is 3. The SMILES string of the molecule is NCCCC(=O)NC1CCN(C(=O)CCn2ccc3ccncc32)CC1. The molecule has 0 saturated carbocycles. The molecule has 7 heteroatoms. The van der Waals surface area contributed by atoms with E-state index in [1.807, 2.05) is 29.4 Å². The molecule has 1 fully saturated rings. The Morgan fingerprint density at radius 3 is 2.81 bits per heavy atom. The van der Waals surface area contributed by atoms with Crippen molar-refractivity contribution < 1.29 is 9.59 Å². The van der Waals surface area contributed by atoms with Gasteiger partial charge in [-0.05, 0) is 37.9 Å². The van der Waals surface area contributed by atoms with Gasteiger partial charge >= 0.3 is 0 Å². The van der Waals surface area contributed by atoms with Gasteiger partial charge < -0.3 is 20.5 Å². The number of pyridine rings is 1. The Labute approximate surface area is 153 Å². The van der Waals surface area contributed by atoms with Crippen LogP contribution in [-0.2, 0) is 16.1 Å². The van der Waals surface area contributed by atoms with Crippen LogP contribution in [0, 0.1) is 0 Å². The molecule has 2 amide bonds.